The van der Waals surface area contributed by atoms with Gasteiger partial charge in [0, 0.05) is 19.0 Å². The number of hydrogen-bond donors (Lipinski definition) is 3. The molecule has 2 rings (SSSR count). The minimum absolute atomic E-state index is 0.00442. The summed E-state index contributed by atoms with van der Waals surface area (Å²) in [4.78, 5) is 34.0. The molecule has 1 saturated carbocycles. The molecule has 2 fully saturated rings. The third-order valence-electron chi connectivity index (χ3n) is 3.78. The van der Waals surface area contributed by atoms with Crippen molar-refractivity contribution in [2.24, 2.45) is 11.8 Å². The molecule has 1 saturated heterocycles. The largest absolute Gasteiger partial charge is 0.481 e. The van der Waals surface area contributed by atoms with E-state index in [0.29, 0.717) is 32.2 Å². The third-order valence-corrected chi connectivity index (χ3v) is 3.78. The van der Waals surface area contributed by atoms with Crippen molar-refractivity contribution in [3.8, 4) is 0 Å². The number of rotatable bonds is 3. The van der Waals surface area contributed by atoms with Crippen LogP contribution in [0.3, 0.4) is 0 Å². The lowest BCUT2D eigenvalue weighted by Gasteiger charge is -2.25. The molecule has 18 heavy (non-hydrogen) atoms. The molecule has 3 N–H and O–H groups in total. The zero-order valence-electron chi connectivity index (χ0n) is 10.1. The summed E-state index contributed by atoms with van der Waals surface area (Å²) in [5.41, 5.74) is 0. The van der Waals surface area contributed by atoms with E-state index >= 15 is 0 Å². The number of carboxylic acid groups (broad SMARTS) is 1. The van der Waals surface area contributed by atoms with Gasteiger partial charge >= 0.3 is 5.97 Å². The van der Waals surface area contributed by atoms with E-state index in [1.54, 1.807) is 0 Å². The Kier molecular flexibility index (Phi) is 3.84. The highest BCUT2D eigenvalue weighted by Gasteiger charge is 2.38. The first-order chi connectivity index (χ1) is 8.58. The molecule has 0 spiro atoms. The van der Waals surface area contributed by atoms with Gasteiger partial charge in [-0.1, -0.05) is 6.42 Å². The number of aliphatic carboxylic acids is 1. The maximum Gasteiger partial charge on any atom is 0.307 e. The second kappa shape index (κ2) is 5.37. The Balaban J connectivity index is 1.87. The highest BCUT2D eigenvalue weighted by Crippen LogP contribution is 2.32. The predicted octanol–water partition coefficient (Wildman–Crippen LogP) is -0.118. The maximum absolute atomic E-state index is 12.0. The van der Waals surface area contributed by atoms with Crippen LogP contribution in [-0.4, -0.2) is 35.5 Å². The molecule has 1 aliphatic heterocycles. The van der Waals surface area contributed by atoms with Crippen molar-refractivity contribution >= 4 is 17.8 Å². The van der Waals surface area contributed by atoms with E-state index < -0.39 is 17.8 Å². The SMILES string of the molecule is O=C1CCC(NC(=O)C2CCCC2C(=O)O)CN1. The number of hydrogen-bond acceptors (Lipinski definition) is 3. The average Bonchev–Trinajstić information content (AvgIpc) is 2.81. The molecule has 0 aromatic rings. The zero-order valence-corrected chi connectivity index (χ0v) is 10.1. The summed E-state index contributed by atoms with van der Waals surface area (Å²) in [6.07, 6.45) is 3.05. The van der Waals surface area contributed by atoms with Crippen LogP contribution >= 0.6 is 0 Å². The lowest BCUT2D eigenvalue weighted by molar-refractivity contribution is -0.146. The first kappa shape index (κ1) is 12.9. The first-order valence-electron chi connectivity index (χ1n) is 6.38. The monoisotopic (exact) mass is 254 g/mol. The summed E-state index contributed by atoms with van der Waals surface area (Å²) in [5.74, 6) is -2.03. The summed E-state index contributed by atoms with van der Waals surface area (Å²) in [7, 11) is 0. The molecule has 1 heterocycles. The summed E-state index contributed by atoms with van der Waals surface area (Å²) in [6, 6.07) is -0.0646. The fraction of sp³-hybridized carbons (Fsp3) is 0.750. The van der Waals surface area contributed by atoms with Crippen LogP contribution in [0.15, 0.2) is 0 Å². The highest BCUT2D eigenvalue weighted by atomic mass is 16.4. The van der Waals surface area contributed by atoms with Crippen LogP contribution in [0.2, 0.25) is 0 Å². The van der Waals surface area contributed by atoms with E-state index in [1.165, 1.54) is 0 Å². The van der Waals surface area contributed by atoms with Gasteiger partial charge in [-0.15, -0.1) is 0 Å². The van der Waals surface area contributed by atoms with Gasteiger partial charge in [-0.2, -0.15) is 0 Å². The molecule has 2 amide bonds. The Morgan fingerprint density at radius 3 is 2.56 bits per heavy atom. The van der Waals surface area contributed by atoms with E-state index in [-0.39, 0.29) is 17.9 Å². The normalized spacial score (nSPS) is 31.8. The molecule has 0 aromatic carbocycles. The van der Waals surface area contributed by atoms with Gasteiger partial charge in [0.25, 0.3) is 0 Å². The topological polar surface area (TPSA) is 95.5 Å². The zero-order chi connectivity index (χ0) is 13.1. The van der Waals surface area contributed by atoms with Crippen molar-refractivity contribution in [3.63, 3.8) is 0 Å². The van der Waals surface area contributed by atoms with Crippen LogP contribution < -0.4 is 10.6 Å². The first-order valence-corrected chi connectivity index (χ1v) is 6.38. The number of piperidine rings is 1. The molecule has 6 heteroatoms. The van der Waals surface area contributed by atoms with Gasteiger partial charge < -0.3 is 15.7 Å². The Morgan fingerprint density at radius 2 is 1.94 bits per heavy atom. The van der Waals surface area contributed by atoms with Crippen LogP contribution in [0.4, 0.5) is 0 Å². The summed E-state index contributed by atoms with van der Waals surface area (Å²) in [5, 5.41) is 14.6. The smallest absolute Gasteiger partial charge is 0.307 e. The number of carbonyl (C=O) groups is 3. The van der Waals surface area contributed by atoms with Crippen molar-refractivity contribution < 1.29 is 19.5 Å². The molecule has 0 bridgehead atoms. The second-order valence-electron chi connectivity index (χ2n) is 5.03. The highest BCUT2D eigenvalue weighted by molar-refractivity contribution is 5.85. The quantitative estimate of drug-likeness (QED) is 0.654. The molecular weight excluding hydrogens is 236 g/mol. The van der Waals surface area contributed by atoms with Gasteiger partial charge in [-0.25, -0.2) is 0 Å². The lowest BCUT2D eigenvalue weighted by atomic mass is 9.94. The van der Waals surface area contributed by atoms with Crippen molar-refractivity contribution in [2.45, 2.75) is 38.1 Å². The van der Waals surface area contributed by atoms with Crippen LogP contribution in [-0.2, 0) is 14.4 Å². The van der Waals surface area contributed by atoms with E-state index in [0.717, 1.165) is 6.42 Å². The van der Waals surface area contributed by atoms with E-state index in [1.807, 2.05) is 0 Å². The van der Waals surface area contributed by atoms with Crippen molar-refractivity contribution in [1.82, 2.24) is 10.6 Å². The molecule has 0 radical (unpaired) electrons. The summed E-state index contributed by atoms with van der Waals surface area (Å²) in [6.45, 7) is 0.440. The molecule has 6 nitrogen and oxygen atoms in total. The Bertz CT molecular complexity index is 359. The van der Waals surface area contributed by atoms with Crippen molar-refractivity contribution in [1.29, 1.82) is 0 Å². The third kappa shape index (κ3) is 2.80. The summed E-state index contributed by atoms with van der Waals surface area (Å²) >= 11 is 0. The van der Waals surface area contributed by atoms with Crippen molar-refractivity contribution in [3.05, 3.63) is 0 Å². The molecule has 2 aliphatic rings. The fourth-order valence-corrected chi connectivity index (χ4v) is 2.73. The van der Waals surface area contributed by atoms with Gasteiger partial charge in [0.1, 0.15) is 0 Å². The van der Waals surface area contributed by atoms with Gasteiger partial charge in [0.15, 0.2) is 0 Å². The van der Waals surface area contributed by atoms with Gasteiger partial charge in [0.05, 0.1) is 11.8 Å². The molecule has 3 atom stereocenters. The van der Waals surface area contributed by atoms with E-state index in [4.69, 9.17) is 5.11 Å². The molecule has 1 aliphatic carbocycles. The number of amides is 2. The fourth-order valence-electron chi connectivity index (χ4n) is 2.73. The Morgan fingerprint density at radius 1 is 1.22 bits per heavy atom. The lowest BCUT2D eigenvalue weighted by Crippen LogP contribution is -2.50. The van der Waals surface area contributed by atoms with Gasteiger partial charge in [-0.05, 0) is 19.3 Å². The van der Waals surface area contributed by atoms with Crippen LogP contribution in [0, 0.1) is 11.8 Å². The van der Waals surface area contributed by atoms with Crippen LogP contribution in [0.25, 0.3) is 0 Å². The van der Waals surface area contributed by atoms with Crippen molar-refractivity contribution in [2.75, 3.05) is 6.54 Å². The molecule has 0 aromatic heterocycles. The molecule has 3 unspecified atom stereocenters. The van der Waals surface area contributed by atoms with Crippen LogP contribution in [0.5, 0.6) is 0 Å². The number of carbonyl (C=O) groups excluding carboxylic acids is 2. The molecular formula is C12H18N2O4. The van der Waals surface area contributed by atoms with Crippen LogP contribution in [0.1, 0.15) is 32.1 Å². The molecule has 100 valence electrons. The van der Waals surface area contributed by atoms with E-state index in [9.17, 15) is 14.4 Å². The Labute approximate surface area is 105 Å². The number of nitrogens with one attached hydrogen (secondary N) is 2. The minimum Gasteiger partial charge on any atom is -0.481 e. The number of carboxylic acids is 1. The summed E-state index contributed by atoms with van der Waals surface area (Å²) < 4.78 is 0. The Hall–Kier alpha value is -1.59. The van der Waals surface area contributed by atoms with E-state index in [2.05, 4.69) is 10.6 Å². The second-order valence-corrected chi connectivity index (χ2v) is 5.03. The van der Waals surface area contributed by atoms with Gasteiger partial charge in [0.2, 0.25) is 11.8 Å². The predicted molar refractivity (Wildman–Crippen MR) is 62.6 cm³/mol. The van der Waals surface area contributed by atoms with Gasteiger partial charge in [-0.3, -0.25) is 14.4 Å². The minimum atomic E-state index is -0.885. The average molecular weight is 254 g/mol. The standard InChI is InChI=1S/C12H18N2O4/c15-10-5-4-7(6-13-10)14-11(16)8-2-1-3-9(8)12(17)18/h7-9H,1-6H2,(H,13,15)(H,14,16)(H,17,18). The maximum atomic E-state index is 12.0.